The maximum Gasteiger partial charge on any atom is 0.252 e. The number of hydrogen-bond donors (Lipinski definition) is 5. The van der Waals surface area contributed by atoms with Gasteiger partial charge in [0.1, 0.15) is 24.0 Å². The summed E-state index contributed by atoms with van der Waals surface area (Å²) in [4.78, 5) is 17.3. The minimum atomic E-state index is -1.63. The third-order valence-corrected chi connectivity index (χ3v) is 5.91. The number of amides is 1. The zero-order chi connectivity index (χ0) is 25.2. The van der Waals surface area contributed by atoms with E-state index in [1.54, 1.807) is 48.5 Å². The molecule has 3 aromatic rings. The van der Waals surface area contributed by atoms with Gasteiger partial charge in [0.2, 0.25) is 11.2 Å². The summed E-state index contributed by atoms with van der Waals surface area (Å²) in [5.41, 5.74) is 13.7. The van der Waals surface area contributed by atoms with Crippen LogP contribution in [0.15, 0.2) is 65.2 Å². The molecule has 8 N–H and O–H groups in total. The zero-order valence-electron chi connectivity index (χ0n) is 19.2. The number of pyridine rings is 1. The van der Waals surface area contributed by atoms with Crippen LogP contribution in [-0.4, -0.2) is 33.1 Å². The molecule has 0 saturated heterocycles. The van der Waals surface area contributed by atoms with Gasteiger partial charge in [-0.25, -0.2) is 15.0 Å². The fraction of sp³-hybridized carbons (Fsp3) is 0.174. The minimum Gasteiger partial charge on any atom is -0.490 e. The highest BCUT2D eigenvalue weighted by Gasteiger charge is 2.26. The summed E-state index contributed by atoms with van der Waals surface area (Å²) in [6.45, 7) is 3.78. The maximum absolute atomic E-state index is 13.0. The Hall–Kier alpha value is -4.16. The van der Waals surface area contributed by atoms with Crippen molar-refractivity contribution in [1.82, 2.24) is 10.3 Å². The lowest BCUT2D eigenvalue weighted by atomic mass is 10.1. The molecule has 1 aliphatic heterocycles. The van der Waals surface area contributed by atoms with Crippen LogP contribution in [-0.2, 0) is 11.2 Å². The molecule has 2 heterocycles. The standard InChI is InChI=1S/C23H26N8O3S/c1-23(2,13-34-18-9-5-7-16-20(18)21(25)30-35(33)29-16)28-22(32)14-10-11-27-19(12-14)31(26)17-8-4-3-6-15(17)24/h3-12,29H,13,24,26H2,1-2H3,(H2,25,30)(H,28,32). The van der Waals surface area contributed by atoms with Gasteiger partial charge in [0, 0.05) is 11.8 Å². The summed E-state index contributed by atoms with van der Waals surface area (Å²) in [5, 5.41) is 4.28. The lowest BCUT2D eigenvalue weighted by Gasteiger charge is -2.28. The molecule has 1 aliphatic rings. The van der Waals surface area contributed by atoms with Gasteiger partial charge in [0.15, 0.2) is 0 Å². The van der Waals surface area contributed by atoms with Gasteiger partial charge in [-0.1, -0.05) is 18.2 Å². The van der Waals surface area contributed by atoms with Crippen molar-refractivity contribution in [2.45, 2.75) is 19.4 Å². The van der Waals surface area contributed by atoms with Crippen molar-refractivity contribution in [3.63, 3.8) is 0 Å². The Morgan fingerprint density at radius 2 is 1.94 bits per heavy atom. The van der Waals surface area contributed by atoms with Gasteiger partial charge in [-0.3, -0.25) is 14.5 Å². The second-order valence-corrected chi connectivity index (χ2v) is 9.35. The first kappa shape index (κ1) is 24.0. The molecule has 0 bridgehead atoms. The third-order valence-electron chi connectivity index (χ3n) is 5.15. The van der Waals surface area contributed by atoms with Gasteiger partial charge >= 0.3 is 0 Å². The first-order valence-electron chi connectivity index (χ1n) is 10.6. The number of ether oxygens (including phenoxy) is 1. The number of anilines is 4. The van der Waals surface area contributed by atoms with Gasteiger partial charge in [-0.2, -0.15) is 4.40 Å². The van der Waals surface area contributed by atoms with Crippen LogP contribution >= 0.6 is 0 Å². The molecule has 0 radical (unpaired) electrons. The first-order valence-corrected chi connectivity index (χ1v) is 11.7. The normalized spacial score (nSPS) is 14.8. The smallest absolute Gasteiger partial charge is 0.252 e. The molecule has 1 aromatic heterocycles. The molecule has 0 aliphatic carbocycles. The van der Waals surface area contributed by atoms with E-state index >= 15 is 0 Å². The van der Waals surface area contributed by atoms with E-state index in [4.69, 9.17) is 22.0 Å². The molecule has 35 heavy (non-hydrogen) atoms. The van der Waals surface area contributed by atoms with E-state index in [1.807, 2.05) is 19.9 Å². The molecule has 0 spiro atoms. The average molecular weight is 495 g/mol. The van der Waals surface area contributed by atoms with Crippen LogP contribution < -0.4 is 37.1 Å². The number of nitrogens with zero attached hydrogens (tertiary/aromatic N) is 3. The lowest BCUT2D eigenvalue weighted by Crippen LogP contribution is -2.48. The number of carbonyl (C=O) groups excluding carboxylic acids is 1. The Labute approximate surface area is 205 Å². The Balaban J connectivity index is 1.46. The van der Waals surface area contributed by atoms with Crippen LogP contribution in [0.4, 0.5) is 22.9 Å². The van der Waals surface area contributed by atoms with Crippen molar-refractivity contribution >= 4 is 45.8 Å². The highest BCUT2D eigenvalue weighted by atomic mass is 32.2. The number of hydrazine groups is 1. The van der Waals surface area contributed by atoms with Crippen LogP contribution in [0.25, 0.3) is 0 Å². The molecular formula is C23H26N8O3S. The number of carbonyl (C=O) groups is 1. The topological polar surface area (TPSA) is 174 Å². The summed E-state index contributed by atoms with van der Waals surface area (Å²) in [6, 6.07) is 15.5. The summed E-state index contributed by atoms with van der Waals surface area (Å²) >= 11 is -1.63. The average Bonchev–Trinajstić information content (AvgIpc) is 2.82. The van der Waals surface area contributed by atoms with Gasteiger partial charge in [-0.15, -0.1) is 0 Å². The molecule has 182 valence electrons. The predicted octanol–water partition coefficient (Wildman–Crippen LogP) is 1.97. The number of fused-ring (bicyclic) bond motifs is 1. The van der Waals surface area contributed by atoms with Crippen molar-refractivity contribution in [1.29, 1.82) is 0 Å². The number of amidine groups is 1. The zero-order valence-corrected chi connectivity index (χ0v) is 20.0. The number of nitrogen functional groups attached to an aromatic ring is 1. The summed E-state index contributed by atoms with van der Waals surface area (Å²) < 4.78 is 24.3. The maximum atomic E-state index is 13.0. The highest BCUT2D eigenvalue weighted by molar-refractivity contribution is 7.85. The van der Waals surface area contributed by atoms with Crippen LogP contribution in [0.5, 0.6) is 5.75 Å². The first-order chi connectivity index (χ1) is 16.6. The van der Waals surface area contributed by atoms with Crippen molar-refractivity contribution in [2.75, 3.05) is 22.1 Å². The SMILES string of the molecule is CC(C)(COc1cccc2c1C(N)=NS(=O)N2)NC(=O)c1ccnc(N(N)c2ccccc2N)c1. The number of benzene rings is 2. The number of rotatable bonds is 7. The molecular weight excluding hydrogens is 468 g/mol. The molecule has 12 heteroatoms. The van der Waals surface area contributed by atoms with E-state index in [0.29, 0.717) is 39.8 Å². The van der Waals surface area contributed by atoms with E-state index in [1.165, 1.54) is 11.2 Å². The van der Waals surface area contributed by atoms with Gasteiger partial charge < -0.3 is 21.5 Å². The van der Waals surface area contributed by atoms with Crippen LogP contribution in [0.3, 0.4) is 0 Å². The third kappa shape index (κ3) is 5.34. The molecule has 1 amide bonds. The monoisotopic (exact) mass is 494 g/mol. The van der Waals surface area contributed by atoms with E-state index in [0.717, 1.165) is 0 Å². The molecule has 2 aromatic carbocycles. The lowest BCUT2D eigenvalue weighted by molar-refractivity contribution is 0.0880. The quantitative estimate of drug-likeness (QED) is 0.188. The predicted molar refractivity (Wildman–Crippen MR) is 137 cm³/mol. The van der Waals surface area contributed by atoms with Crippen LogP contribution in [0, 0.1) is 0 Å². The van der Waals surface area contributed by atoms with E-state index in [-0.39, 0.29) is 18.3 Å². The summed E-state index contributed by atoms with van der Waals surface area (Å²) in [5.74, 6) is 6.80. The van der Waals surface area contributed by atoms with Crippen LogP contribution in [0.1, 0.15) is 29.8 Å². The Morgan fingerprint density at radius 1 is 1.17 bits per heavy atom. The Morgan fingerprint density at radius 3 is 2.71 bits per heavy atom. The number of aromatic nitrogens is 1. The fourth-order valence-corrected chi connectivity index (χ4v) is 4.12. The molecule has 1 unspecified atom stereocenters. The summed E-state index contributed by atoms with van der Waals surface area (Å²) in [6.07, 6.45) is 1.50. The number of nitrogens with one attached hydrogen (secondary N) is 2. The minimum absolute atomic E-state index is 0.115. The Bertz CT molecular complexity index is 1330. The second-order valence-electron chi connectivity index (χ2n) is 8.46. The van der Waals surface area contributed by atoms with Crippen molar-refractivity contribution in [2.24, 2.45) is 16.0 Å². The van der Waals surface area contributed by atoms with E-state index in [9.17, 15) is 9.00 Å². The van der Waals surface area contributed by atoms with Crippen LogP contribution in [0.2, 0.25) is 0 Å². The van der Waals surface area contributed by atoms with Gasteiger partial charge in [0.05, 0.1) is 28.2 Å². The molecule has 4 rings (SSSR count). The number of nitrogens with two attached hydrogens (primary N) is 3. The largest absolute Gasteiger partial charge is 0.490 e. The highest BCUT2D eigenvalue weighted by Crippen LogP contribution is 2.30. The van der Waals surface area contributed by atoms with E-state index in [2.05, 4.69) is 19.4 Å². The molecule has 1 atom stereocenters. The second kappa shape index (κ2) is 9.60. The molecule has 11 nitrogen and oxygen atoms in total. The number of hydrogen-bond acceptors (Lipinski definition) is 8. The van der Waals surface area contributed by atoms with Gasteiger partial charge in [-0.05, 0) is 50.2 Å². The van der Waals surface area contributed by atoms with E-state index < -0.39 is 16.7 Å². The number of para-hydroxylation sites is 2. The van der Waals surface area contributed by atoms with Gasteiger partial charge in [0.25, 0.3) is 5.91 Å². The fourth-order valence-electron chi connectivity index (χ4n) is 3.45. The van der Waals surface area contributed by atoms with Crippen molar-refractivity contribution < 1.29 is 13.7 Å². The summed E-state index contributed by atoms with van der Waals surface area (Å²) in [7, 11) is 0. The Kier molecular flexibility index (Phi) is 6.58. The van der Waals surface area contributed by atoms with Crippen molar-refractivity contribution in [3.05, 3.63) is 71.9 Å². The van der Waals surface area contributed by atoms with Crippen molar-refractivity contribution in [3.8, 4) is 5.75 Å². The molecule has 0 fully saturated rings. The molecule has 0 saturated carbocycles.